The second-order valence-corrected chi connectivity index (χ2v) is 3.53. The first-order valence-corrected chi connectivity index (χ1v) is 5.42. The second kappa shape index (κ2) is 5.25. The van der Waals surface area contributed by atoms with E-state index in [9.17, 15) is 0 Å². The van der Waals surface area contributed by atoms with Gasteiger partial charge in [-0.1, -0.05) is 12.1 Å². The zero-order valence-electron chi connectivity index (χ0n) is 9.94. The third-order valence-electron chi connectivity index (χ3n) is 2.44. The van der Waals surface area contributed by atoms with E-state index in [4.69, 9.17) is 9.47 Å². The highest BCUT2D eigenvalue weighted by Gasteiger charge is 2.03. The van der Waals surface area contributed by atoms with Gasteiger partial charge in [0.1, 0.15) is 5.75 Å². The molecule has 0 saturated heterocycles. The fourth-order valence-electron chi connectivity index (χ4n) is 1.52. The zero-order valence-corrected chi connectivity index (χ0v) is 9.94. The SMILES string of the molecule is CNc1ccc(Oc2ccccc2OC)cc1. The number of hydrogen-bond acceptors (Lipinski definition) is 3. The Morgan fingerprint density at radius 3 is 2.12 bits per heavy atom. The number of hydrogen-bond donors (Lipinski definition) is 1. The molecule has 0 radical (unpaired) electrons. The van der Waals surface area contributed by atoms with E-state index >= 15 is 0 Å². The molecular formula is C14H15NO2. The summed E-state index contributed by atoms with van der Waals surface area (Å²) in [7, 11) is 3.52. The lowest BCUT2D eigenvalue weighted by Crippen LogP contribution is -1.90. The zero-order chi connectivity index (χ0) is 12.1. The van der Waals surface area contributed by atoms with Crippen molar-refractivity contribution >= 4 is 5.69 Å². The number of rotatable bonds is 4. The molecule has 0 spiro atoms. The lowest BCUT2D eigenvalue weighted by molar-refractivity contribution is 0.379. The highest BCUT2D eigenvalue weighted by molar-refractivity contribution is 5.48. The van der Waals surface area contributed by atoms with Crippen LogP contribution in [0.5, 0.6) is 17.2 Å². The molecule has 17 heavy (non-hydrogen) atoms. The molecule has 0 unspecified atom stereocenters. The summed E-state index contributed by atoms with van der Waals surface area (Å²) in [6.07, 6.45) is 0. The van der Waals surface area contributed by atoms with Gasteiger partial charge >= 0.3 is 0 Å². The standard InChI is InChI=1S/C14H15NO2/c1-15-11-7-9-12(10-8-11)17-14-6-4-3-5-13(14)16-2/h3-10,15H,1-2H3. The van der Waals surface area contributed by atoms with Crippen LogP contribution in [-0.4, -0.2) is 14.2 Å². The van der Waals surface area contributed by atoms with Crippen LogP contribution in [0, 0.1) is 0 Å². The van der Waals surface area contributed by atoms with Gasteiger partial charge in [-0.3, -0.25) is 0 Å². The fraction of sp³-hybridized carbons (Fsp3) is 0.143. The smallest absolute Gasteiger partial charge is 0.169 e. The van der Waals surface area contributed by atoms with Gasteiger partial charge < -0.3 is 14.8 Å². The molecule has 0 atom stereocenters. The van der Waals surface area contributed by atoms with Crippen LogP contribution >= 0.6 is 0 Å². The number of para-hydroxylation sites is 2. The van der Waals surface area contributed by atoms with Crippen LogP contribution in [0.4, 0.5) is 5.69 Å². The van der Waals surface area contributed by atoms with E-state index in [1.54, 1.807) is 7.11 Å². The number of anilines is 1. The van der Waals surface area contributed by atoms with Crippen molar-refractivity contribution < 1.29 is 9.47 Å². The van der Waals surface area contributed by atoms with Crippen LogP contribution in [0.2, 0.25) is 0 Å². The summed E-state index contributed by atoms with van der Waals surface area (Å²) in [6, 6.07) is 15.3. The average Bonchev–Trinajstić information content (AvgIpc) is 2.40. The van der Waals surface area contributed by atoms with Crippen molar-refractivity contribution in [1.29, 1.82) is 0 Å². The maximum absolute atomic E-state index is 5.75. The molecule has 0 amide bonds. The van der Waals surface area contributed by atoms with Crippen molar-refractivity contribution in [2.75, 3.05) is 19.5 Å². The molecule has 2 aromatic carbocycles. The Labute approximate surface area is 101 Å². The van der Waals surface area contributed by atoms with E-state index in [2.05, 4.69) is 5.32 Å². The quantitative estimate of drug-likeness (QED) is 0.870. The van der Waals surface area contributed by atoms with Crippen LogP contribution in [0.3, 0.4) is 0 Å². The first-order valence-electron chi connectivity index (χ1n) is 5.42. The Bertz CT molecular complexity index is 480. The van der Waals surface area contributed by atoms with Gasteiger partial charge in [-0.2, -0.15) is 0 Å². The number of nitrogens with one attached hydrogen (secondary N) is 1. The van der Waals surface area contributed by atoms with Crippen molar-refractivity contribution in [3.63, 3.8) is 0 Å². The Balaban J connectivity index is 2.19. The van der Waals surface area contributed by atoms with Gasteiger partial charge in [-0.05, 0) is 36.4 Å². The molecule has 0 saturated carbocycles. The van der Waals surface area contributed by atoms with Gasteiger partial charge in [0, 0.05) is 12.7 Å². The molecular weight excluding hydrogens is 214 g/mol. The summed E-state index contributed by atoms with van der Waals surface area (Å²) in [6.45, 7) is 0. The summed E-state index contributed by atoms with van der Waals surface area (Å²) in [5.74, 6) is 2.23. The molecule has 0 aliphatic rings. The van der Waals surface area contributed by atoms with Gasteiger partial charge in [-0.25, -0.2) is 0 Å². The summed E-state index contributed by atoms with van der Waals surface area (Å²) < 4.78 is 11.0. The summed E-state index contributed by atoms with van der Waals surface area (Å²) in [5.41, 5.74) is 1.05. The molecule has 88 valence electrons. The highest BCUT2D eigenvalue weighted by atomic mass is 16.5. The lowest BCUT2D eigenvalue weighted by Gasteiger charge is -2.10. The third-order valence-corrected chi connectivity index (χ3v) is 2.44. The van der Waals surface area contributed by atoms with Crippen LogP contribution in [-0.2, 0) is 0 Å². The van der Waals surface area contributed by atoms with Crippen molar-refractivity contribution in [3.8, 4) is 17.2 Å². The van der Waals surface area contributed by atoms with Crippen LogP contribution in [0.15, 0.2) is 48.5 Å². The molecule has 0 heterocycles. The van der Waals surface area contributed by atoms with Crippen molar-refractivity contribution in [2.24, 2.45) is 0 Å². The first-order chi connectivity index (χ1) is 8.33. The van der Waals surface area contributed by atoms with Gasteiger partial charge in [0.15, 0.2) is 11.5 Å². The Morgan fingerprint density at radius 2 is 1.53 bits per heavy atom. The van der Waals surface area contributed by atoms with E-state index in [1.807, 2.05) is 55.6 Å². The maximum atomic E-state index is 5.75. The molecule has 3 heteroatoms. The van der Waals surface area contributed by atoms with Gasteiger partial charge in [0.2, 0.25) is 0 Å². The van der Waals surface area contributed by atoms with E-state index < -0.39 is 0 Å². The normalized spacial score (nSPS) is 9.76. The minimum absolute atomic E-state index is 0.715. The molecule has 1 N–H and O–H groups in total. The molecule has 0 aliphatic carbocycles. The monoisotopic (exact) mass is 229 g/mol. The minimum Gasteiger partial charge on any atom is -0.493 e. The topological polar surface area (TPSA) is 30.5 Å². The van der Waals surface area contributed by atoms with Crippen molar-refractivity contribution in [2.45, 2.75) is 0 Å². The Hall–Kier alpha value is -2.16. The fourth-order valence-corrected chi connectivity index (χ4v) is 1.52. The molecule has 0 bridgehead atoms. The second-order valence-electron chi connectivity index (χ2n) is 3.53. The lowest BCUT2D eigenvalue weighted by atomic mass is 10.3. The van der Waals surface area contributed by atoms with Crippen LogP contribution in [0.1, 0.15) is 0 Å². The molecule has 2 aromatic rings. The molecule has 2 rings (SSSR count). The maximum Gasteiger partial charge on any atom is 0.169 e. The minimum atomic E-state index is 0.715. The third kappa shape index (κ3) is 2.69. The number of benzene rings is 2. The van der Waals surface area contributed by atoms with Gasteiger partial charge in [0.25, 0.3) is 0 Å². The molecule has 0 aliphatic heterocycles. The number of methoxy groups -OCH3 is 1. The van der Waals surface area contributed by atoms with E-state index in [0.717, 1.165) is 17.2 Å². The predicted octanol–water partition coefficient (Wildman–Crippen LogP) is 3.53. The van der Waals surface area contributed by atoms with E-state index in [0.29, 0.717) is 5.75 Å². The molecule has 0 aromatic heterocycles. The Morgan fingerprint density at radius 1 is 0.882 bits per heavy atom. The van der Waals surface area contributed by atoms with Crippen LogP contribution in [0.25, 0.3) is 0 Å². The Kier molecular flexibility index (Phi) is 3.50. The van der Waals surface area contributed by atoms with E-state index in [1.165, 1.54) is 0 Å². The summed E-state index contributed by atoms with van der Waals surface area (Å²) in [4.78, 5) is 0. The van der Waals surface area contributed by atoms with Crippen molar-refractivity contribution in [1.82, 2.24) is 0 Å². The van der Waals surface area contributed by atoms with Gasteiger partial charge in [0.05, 0.1) is 7.11 Å². The van der Waals surface area contributed by atoms with Gasteiger partial charge in [-0.15, -0.1) is 0 Å². The van der Waals surface area contributed by atoms with Crippen LogP contribution < -0.4 is 14.8 Å². The summed E-state index contributed by atoms with van der Waals surface area (Å²) >= 11 is 0. The summed E-state index contributed by atoms with van der Waals surface area (Å²) in [5, 5.41) is 3.06. The average molecular weight is 229 g/mol. The largest absolute Gasteiger partial charge is 0.493 e. The first kappa shape index (κ1) is 11.3. The van der Waals surface area contributed by atoms with E-state index in [-0.39, 0.29) is 0 Å². The predicted molar refractivity (Wildman–Crippen MR) is 69.1 cm³/mol. The highest BCUT2D eigenvalue weighted by Crippen LogP contribution is 2.31. The van der Waals surface area contributed by atoms with Crippen molar-refractivity contribution in [3.05, 3.63) is 48.5 Å². The number of ether oxygens (including phenoxy) is 2. The molecule has 0 fully saturated rings. The molecule has 3 nitrogen and oxygen atoms in total.